The maximum atomic E-state index is 4.67. The van der Waals surface area contributed by atoms with Crippen LogP contribution in [0.2, 0.25) is 0 Å². The summed E-state index contributed by atoms with van der Waals surface area (Å²) >= 11 is 0. The van der Waals surface area contributed by atoms with Crippen LogP contribution >= 0.6 is 0 Å². The summed E-state index contributed by atoms with van der Waals surface area (Å²) in [6, 6.07) is 8.30. The van der Waals surface area contributed by atoms with Crippen LogP contribution in [-0.2, 0) is 4.84 Å². The number of benzene rings is 1. The van der Waals surface area contributed by atoms with E-state index in [0.29, 0.717) is 0 Å². The first-order chi connectivity index (χ1) is 8.31. The highest BCUT2D eigenvalue weighted by molar-refractivity contribution is 5.66. The highest BCUT2D eigenvalue weighted by atomic mass is 16.6. The predicted octanol–water partition coefficient (Wildman–Crippen LogP) is 2.61. The molecule has 0 N–H and O–H groups in total. The van der Waals surface area contributed by atoms with Gasteiger partial charge in [0.1, 0.15) is 7.11 Å². The van der Waals surface area contributed by atoms with Gasteiger partial charge in [-0.25, -0.2) is 4.98 Å². The van der Waals surface area contributed by atoms with Crippen LogP contribution in [0.5, 0.6) is 0 Å². The lowest BCUT2D eigenvalue weighted by Crippen LogP contribution is -1.96. The van der Waals surface area contributed by atoms with E-state index in [9.17, 15) is 0 Å². The fourth-order valence-corrected chi connectivity index (χ4v) is 1.60. The summed E-state index contributed by atoms with van der Waals surface area (Å²) in [7, 11) is 1.55. The monoisotopic (exact) mass is 229 g/mol. The number of imidazole rings is 1. The highest BCUT2D eigenvalue weighted by Crippen LogP contribution is 2.16. The summed E-state index contributed by atoms with van der Waals surface area (Å²) in [6.07, 6.45) is 7.25. The first-order valence-corrected chi connectivity index (χ1v) is 5.46. The Balaban J connectivity index is 2.16. The van der Waals surface area contributed by atoms with Crippen molar-refractivity contribution in [2.45, 2.75) is 12.8 Å². The molecule has 0 aliphatic carbocycles. The molecule has 0 bridgehead atoms. The number of oxime groups is 1. The molecule has 0 radical (unpaired) electrons. The van der Waals surface area contributed by atoms with E-state index in [4.69, 9.17) is 0 Å². The normalized spacial score (nSPS) is 12.8. The average molecular weight is 229 g/mol. The first kappa shape index (κ1) is 11.4. The molecular weight excluding hydrogens is 214 g/mol. The second kappa shape index (κ2) is 5.30. The Morgan fingerprint density at radius 2 is 2.12 bits per heavy atom. The van der Waals surface area contributed by atoms with Crippen molar-refractivity contribution in [2.75, 3.05) is 7.11 Å². The van der Waals surface area contributed by atoms with Crippen LogP contribution < -0.4 is 0 Å². The molecule has 0 aliphatic heterocycles. The van der Waals surface area contributed by atoms with Crippen LogP contribution in [0.1, 0.15) is 18.4 Å². The lowest BCUT2D eigenvalue weighted by molar-refractivity contribution is 0.214. The molecule has 4 nitrogen and oxygen atoms in total. The van der Waals surface area contributed by atoms with Gasteiger partial charge in [0.25, 0.3) is 0 Å². The maximum absolute atomic E-state index is 4.67. The zero-order valence-electron chi connectivity index (χ0n) is 9.95. The van der Waals surface area contributed by atoms with Crippen molar-refractivity contribution in [1.29, 1.82) is 0 Å². The molecule has 1 aromatic carbocycles. The SMILES string of the molecule is CON=CC(C)c1ccc(-n2ccnc2)cc1. The average Bonchev–Trinajstić information content (AvgIpc) is 2.90. The Morgan fingerprint density at radius 3 is 2.71 bits per heavy atom. The Morgan fingerprint density at radius 1 is 1.35 bits per heavy atom. The number of aromatic nitrogens is 2. The summed E-state index contributed by atoms with van der Waals surface area (Å²) in [4.78, 5) is 8.70. The first-order valence-electron chi connectivity index (χ1n) is 5.46. The molecule has 88 valence electrons. The third-order valence-corrected chi connectivity index (χ3v) is 2.61. The fraction of sp³-hybridized carbons (Fsp3) is 0.231. The Kier molecular flexibility index (Phi) is 3.55. The van der Waals surface area contributed by atoms with Crippen molar-refractivity contribution in [3.8, 4) is 5.69 Å². The molecule has 0 amide bonds. The zero-order valence-corrected chi connectivity index (χ0v) is 9.95. The third-order valence-electron chi connectivity index (χ3n) is 2.61. The molecule has 4 heteroatoms. The molecule has 1 heterocycles. The van der Waals surface area contributed by atoms with Crippen molar-refractivity contribution in [3.63, 3.8) is 0 Å². The molecule has 1 atom stereocenters. The van der Waals surface area contributed by atoms with Gasteiger partial charge in [-0.3, -0.25) is 0 Å². The predicted molar refractivity (Wildman–Crippen MR) is 67.5 cm³/mol. The van der Waals surface area contributed by atoms with Gasteiger partial charge in [-0.05, 0) is 17.7 Å². The van der Waals surface area contributed by atoms with Crippen molar-refractivity contribution in [2.24, 2.45) is 5.16 Å². The lowest BCUT2D eigenvalue weighted by atomic mass is 10.0. The maximum Gasteiger partial charge on any atom is 0.106 e. The van der Waals surface area contributed by atoms with E-state index in [2.05, 4.69) is 46.2 Å². The van der Waals surface area contributed by atoms with Gasteiger partial charge >= 0.3 is 0 Å². The molecule has 2 rings (SSSR count). The smallest absolute Gasteiger partial charge is 0.106 e. The molecule has 0 aliphatic rings. The van der Waals surface area contributed by atoms with Crippen LogP contribution in [0.25, 0.3) is 5.69 Å². The van der Waals surface area contributed by atoms with Gasteiger partial charge in [0.05, 0.1) is 12.5 Å². The second-order valence-corrected chi connectivity index (χ2v) is 3.79. The Bertz CT molecular complexity index is 474. The molecule has 0 saturated heterocycles. The number of hydrogen-bond acceptors (Lipinski definition) is 3. The van der Waals surface area contributed by atoms with Crippen LogP contribution in [0.15, 0.2) is 48.1 Å². The standard InChI is InChI=1S/C13H15N3O/c1-11(9-15-17-2)12-3-5-13(6-4-12)16-8-7-14-10-16/h3-11H,1-2H3. The number of nitrogens with zero attached hydrogens (tertiary/aromatic N) is 3. The van der Waals surface area contributed by atoms with E-state index < -0.39 is 0 Å². The summed E-state index contributed by atoms with van der Waals surface area (Å²) in [6.45, 7) is 2.08. The van der Waals surface area contributed by atoms with Crippen molar-refractivity contribution in [3.05, 3.63) is 48.5 Å². The van der Waals surface area contributed by atoms with E-state index >= 15 is 0 Å². The van der Waals surface area contributed by atoms with Crippen molar-refractivity contribution in [1.82, 2.24) is 9.55 Å². The van der Waals surface area contributed by atoms with Crippen LogP contribution in [0, 0.1) is 0 Å². The lowest BCUT2D eigenvalue weighted by Gasteiger charge is -2.07. The van der Waals surface area contributed by atoms with Crippen LogP contribution in [0.4, 0.5) is 0 Å². The summed E-state index contributed by atoms with van der Waals surface area (Å²) < 4.78 is 1.97. The Labute approximate surface area is 101 Å². The number of hydrogen-bond donors (Lipinski definition) is 0. The van der Waals surface area contributed by atoms with Gasteiger partial charge in [-0.2, -0.15) is 0 Å². The largest absolute Gasteiger partial charge is 0.399 e. The second-order valence-electron chi connectivity index (χ2n) is 3.79. The highest BCUT2D eigenvalue weighted by Gasteiger charge is 2.03. The minimum Gasteiger partial charge on any atom is -0.399 e. The molecular formula is C13H15N3O. The van der Waals surface area contributed by atoms with Gasteiger partial charge in [0, 0.05) is 24.0 Å². The zero-order chi connectivity index (χ0) is 12.1. The van der Waals surface area contributed by atoms with Gasteiger partial charge < -0.3 is 9.40 Å². The van der Waals surface area contributed by atoms with E-state index in [-0.39, 0.29) is 5.92 Å². The molecule has 1 unspecified atom stereocenters. The van der Waals surface area contributed by atoms with Gasteiger partial charge in [-0.15, -0.1) is 0 Å². The molecule has 0 spiro atoms. The molecule has 0 saturated carbocycles. The third kappa shape index (κ3) is 2.72. The number of rotatable bonds is 4. The molecule has 2 aromatic rings. The van der Waals surface area contributed by atoms with Gasteiger partial charge in [0.2, 0.25) is 0 Å². The summed E-state index contributed by atoms with van der Waals surface area (Å²) in [5.74, 6) is 0.242. The van der Waals surface area contributed by atoms with E-state index in [0.717, 1.165) is 5.69 Å². The summed E-state index contributed by atoms with van der Waals surface area (Å²) in [5.41, 5.74) is 2.30. The van der Waals surface area contributed by atoms with Crippen LogP contribution in [0.3, 0.4) is 0 Å². The van der Waals surface area contributed by atoms with E-state index in [1.165, 1.54) is 5.56 Å². The van der Waals surface area contributed by atoms with Crippen molar-refractivity contribution >= 4 is 6.21 Å². The van der Waals surface area contributed by atoms with Crippen molar-refractivity contribution < 1.29 is 4.84 Å². The van der Waals surface area contributed by atoms with Gasteiger partial charge in [0.15, 0.2) is 0 Å². The molecule has 0 fully saturated rings. The van der Waals surface area contributed by atoms with E-state index in [1.54, 1.807) is 25.8 Å². The van der Waals surface area contributed by atoms with Crippen LogP contribution in [-0.4, -0.2) is 22.9 Å². The quantitative estimate of drug-likeness (QED) is 0.597. The Hall–Kier alpha value is -2.10. The topological polar surface area (TPSA) is 39.4 Å². The fourth-order valence-electron chi connectivity index (χ4n) is 1.60. The van der Waals surface area contributed by atoms with Gasteiger partial charge in [-0.1, -0.05) is 24.2 Å². The molecule has 1 aromatic heterocycles. The summed E-state index contributed by atoms with van der Waals surface area (Å²) in [5, 5.41) is 3.78. The van der Waals surface area contributed by atoms with E-state index in [1.807, 2.05) is 10.8 Å². The minimum absolute atomic E-state index is 0.242. The molecule has 17 heavy (non-hydrogen) atoms. The minimum atomic E-state index is 0.242.